The summed E-state index contributed by atoms with van der Waals surface area (Å²) < 4.78 is 23.1. The molecule has 3 aromatic carbocycles. The van der Waals surface area contributed by atoms with E-state index in [1.165, 1.54) is 68.4 Å². The fourth-order valence-electron chi connectivity index (χ4n) is 4.70. The van der Waals surface area contributed by atoms with Crippen LogP contribution in [0.5, 0.6) is 0 Å². The molecule has 178 valence electrons. The lowest BCUT2D eigenvalue weighted by Gasteiger charge is -2.22. The molecule has 0 bridgehead atoms. The minimum atomic E-state index is -3.81. The average molecular weight is 477 g/mol. The number of nitrogens with one attached hydrogen (secondary N) is 1. The molecule has 0 aliphatic heterocycles. The van der Waals surface area contributed by atoms with Gasteiger partial charge in [-0.15, -0.1) is 0 Å². The predicted molar refractivity (Wildman–Crippen MR) is 135 cm³/mol. The maximum atomic E-state index is 13.1. The molecule has 1 fully saturated rings. The maximum absolute atomic E-state index is 13.1. The van der Waals surface area contributed by atoms with E-state index in [-0.39, 0.29) is 16.8 Å². The van der Waals surface area contributed by atoms with Crippen molar-refractivity contribution in [1.82, 2.24) is 5.32 Å². The van der Waals surface area contributed by atoms with Gasteiger partial charge in [-0.1, -0.05) is 79.8 Å². The van der Waals surface area contributed by atoms with Crippen LogP contribution in [-0.4, -0.2) is 14.3 Å². The van der Waals surface area contributed by atoms with Crippen molar-refractivity contribution < 1.29 is 13.2 Å². The summed E-state index contributed by atoms with van der Waals surface area (Å²) >= 11 is 0. The second-order valence-electron chi connectivity index (χ2n) is 9.24. The minimum Gasteiger partial charge on any atom is -0.341 e. The first-order chi connectivity index (χ1) is 16.3. The van der Waals surface area contributed by atoms with Crippen LogP contribution in [-0.2, 0) is 10.0 Å². The number of hydrogen-bond donors (Lipinski definition) is 2. The molecule has 3 aromatic rings. The van der Waals surface area contributed by atoms with E-state index in [0.29, 0.717) is 11.5 Å². The summed E-state index contributed by atoms with van der Waals surface area (Å²) in [5, 5.41) is 8.31. The fourth-order valence-corrected chi connectivity index (χ4v) is 5.22. The Morgan fingerprint density at radius 3 is 1.88 bits per heavy atom. The molecule has 3 N–H and O–H groups in total. The molecule has 1 aliphatic rings. The number of benzene rings is 3. The number of hydrogen-bond acceptors (Lipinski definition) is 3. The highest BCUT2D eigenvalue weighted by Crippen LogP contribution is 2.33. The van der Waals surface area contributed by atoms with Gasteiger partial charge in [-0.2, -0.15) is 0 Å². The van der Waals surface area contributed by atoms with Crippen LogP contribution >= 0.6 is 0 Å². The van der Waals surface area contributed by atoms with Gasteiger partial charge in [0.2, 0.25) is 10.0 Å². The molecule has 1 unspecified atom stereocenters. The first-order valence-electron chi connectivity index (χ1n) is 11.9. The van der Waals surface area contributed by atoms with E-state index in [4.69, 9.17) is 5.14 Å². The highest BCUT2D eigenvalue weighted by atomic mass is 32.2. The number of carbonyl (C=O) groups is 1. The Labute approximate surface area is 202 Å². The van der Waals surface area contributed by atoms with Gasteiger partial charge in [-0.3, -0.25) is 4.79 Å². The first-order valence-corrected chi connectivity index (χ1v) is 13.5. The molecule has 1 saturated carbocycles. The van der Waals surface area contributed by atoms with Crippen molar-refractivity contribution in [2.24, 2.45) is 5.14 Å². The third-order valence-electron chi connectivity index (χ3n) is 6.73. The average Bonchev–Trinajstić information content (AvgIpc) is 3.12. The zero-order valence-electron chi connectivity index (χ0n) is 19.5. The lowest BCUT2D eigenvalue weighted by Crippen LogP contribution is -2.29. The molecule has 1 atom stereocenters. The minimum absolute atomic E-state index is 0.0202. The lowest BCUT2D eigenvalue weighted by atomic mass is 9.89. The first kappa shape index (κ1) is 24.2. The van der Waals surface area contributed by atoms with Crippen molar-refractivity contribution >= 4 is 15.9 Å². The highest BCUT2D eigenvalue weighted by molar-refractivity contribution is 7.89. The summed E-state index contributed by atoms with van der Waals surface area (Å²) in [6.07, 6.45) is 7.72. The van der Waals surface area contributed by atoms with Crippen LogP contribution in [0.3, 0.4) is 0 Å². The largest absolute Gasteiger partial charge is 0.341 e. The third kappa shape index (κ3) is 5.93. The quantitative estimate of drug-likeness (QED) is 0.454. The number of primary sulfonamides is 1. The van der Waals surface area contributed by atoms with Crippen LogP contribution in [0.15, 0.2) is 77.7 Å². The molecule has 5 nitrogen and oxygen atoms in total. The van der Waals surface area contributed by atoms with E-state index in [0.717, 1.165) is 16.7 Å². The van der Waals surface area contributed by atoms with Gasteiger partial charge in [0.25, 0.3) is 5.91 Å². The molecular formula is C28H32N2O3S. The summed E-state index contributed by atoms with van der Waals surface area (Å²) in [7, 11) is -3.81. The molecule has 34 heavy (non-hydrogen) atoms. The monoisotopic (exact) mass is 476 g/mol. The van der Waals surface area contributed by atoms with Gasteiger partial charge in [0.05, 0.1) is 10.9 Å². The molecule has 1 aliphatic carbocycles. The molecule has 0 heterocycles. The van der Waals surface area contributed by atoms with Gasteiger partial charge in [0.15, 0.2) is 0 Å². The molecule has 6 heteroatoms. The Morgan fingerprint density at radius 2 is 1.35 bits per heavy atom. The van der Waals surface area contributed by atoms with Gasteiger partial charge in [-0.25, -0.2) is 13.6 Å². The third-order valence-corrected chi connectivity index (χ3v) is 7.66. The van der Waals surface area contributed by atoms with Crippen LogP contribution in [0.4, 0.5) is 0 Å². The smallest absolute Gasteiger partial charge is 0.252 e. The predicted octanol–water partition coefficient (Wildman–Crippen LogP) is 5.60. The van der Waals surface area contributed by atoms with Crippen molar-refractivity contribution in [3.63, 3.8) is 0 Å². The molecule has 1 amide bonds. The number of carbonyl (C=O) groups excluding carboxylic acids is 1. The Bertz CT molecular complexity index is 1210. The highest BCUT2D eigenvalue weighted by Gasteiger charge is 2.20. The normalized spacial score (nSPS) is 15.9. The van der Waals surface area contributed by atoms with Crippen LogP contribution in [0, 0.1) is 6.92 Å². The Morgan fingerprint density at radius 1 is 0.824 bits per heavy atom. The van der Waals surface area contributed by atoms with Gasteiger partial charge in [-0.05, 0) is 66.6 Å². The Kier molecular flexibility index (Phi) is 7.49. The maximum Gasteiger partial charge on any atom is 0.252 e. The molecule has 0 aromatic heterocycles. The molecule has 0 radical (unpaired) electrons. The van der Waals surface area contributed by atoms with Crippen LogP contribution in [0.1, 0.15) is 83.1 Å². The lowest BCUT2D eigenvalue weighted by molar-refractivity contribution is 0.0943. The van der Waals surface area contributed by atoms with Gasteiger partial charge >= 0.3 is 0 Å². The van der Waals surface area contributed by atoms with Crippen molar-refractivity contribution in [1.29, 1.82) is 0 Å². The van der Waals surface area contributed by atoms with E-state index >= 15 is 0 Å². The zero-order valence-corrected chi connectivity index (χ0v) is 20.4. The van der Waals surface area contributed by atoms with Gasteiger partial charge < -0.3 is 5.32 Å². The molecule has 4 rings (SSSR count). The van der Waals surface area contributed by atoms with Crippen molar-refractivity contribution in [2.45, 2.75) is 62.3 Å². The second-order valence-corrected chi connectivity index (χ2v) is 10.8. The Balaban J connectivity index is 1.59. The van der Waals surface area contributed by atoms with E-state index in [9.17, 15) is 13.2 Å². The summed E-state index contributed by atoms with van der Waals surface area (Å²) in [6.45, 7) is 2.03. The van der Waals surface area contributed by atoms with Crippen LogP contribution < -0.4 is 10.5 Å². The van der Waals surface area contributed by atoms with Crippen molar-refractivity contribution in [3.05, 3.63) is 101 Å². The molecular weight excluding hydrogens is 444 g/mol. The van der Waals surface area contributed by atoms with Crippen LogP contribution in [0.25, 0.3) is 0 Å². The summed E-state index contributed by atoms with van der Waals surface area (Å²) in [5.74, 6) is 0.334. The Hall–Kier alpha value is -2.96. The van der Waals surface area contributed by atoms with E-state index in [1.54, 1.807) is 0 Å². The molecule has 0 saturated heterocycles. The number of nitrogens with two attached hydrogens (primary N) is 1. The van der Waals surface area contributed by atoms with Crippen molar-refractivity contribution in [3.8, 4) is 0 Å². The van der Waals surface area contributed by atoms with Crippen LogP contribution in [0.2, 0.25) is 0 Å². The summed E-state index contributed by atoms with van der Waals surface area (Å²) in [4.78, 5) is 13.1. The zero-order chi connectivity index (χ0) is 24.1. The van der Waals surface area contributed by atoms with E-state index < -0.39 is 10.0 Å². The topological polar surface area (TPSA) is 89.3 Å². The van der Waals surface area contributed by atoms with E-state index in [2.05, 4.69) is 29.6 Å². The van der Waals surface area contributed by atoms with E-state index in [1.807, 2.05) is 31.2 Å². The molecule has 0 spiro atoms. The standard InChI is InChI=1S/C28H32N2O3S/c1-20-8-10-23(11-9-20)27(30-28(31)25-16-18-26(19-17-25)34(29,32)33)24-14-12-22(13-15-24)21-6-4-2-3-5-7-21/h8-19,21,27H,2-7H2,1H3,(H,30,31)(H2,29,32,33). The number of sulfonamides is 1. The van der Waals surface area contributed by atoms with Gasteiger partial charge in [0, 0.05) is 5.56 Å². The van der Waals surface area contributed by atoms with Crippen molar-refractivity contribution in [2.75, 3.05) is 0 Å². The number of aryl methyl sites for hydroxylation is 1. The summed E-state index contributed by atoms with van der Waals surface area (Å²) in [6, 6.07) is 22.1. The fraction of sp³-hybridized carbons (Fsp3) is 0.321. The second kappa shape index (κ2) is 10.5. The summed E-state index contributed by atoms with van der Waals surface area (Å²) in [5.41, 5.74) is 4.90. The number of rotatable bonds is 6. The SMILES string of the molecule is Cc1ccc(C(NC(=O)c2ccc(S(N)(=O)=O)cc2)c2ccc(C3CCCCCC3)cc2)cc1. The van der Waals surface area contributed by atoms with Gasteiger partial charge in [0.1, 0.15) is 0 Å². The number of amides is 1.